The van der Waals surface area contributed by atoms with Crippen LogP contribution >= 0.6 is 0 Å². The van der Waals surface area contributed by atoms with Gasteiger partial charge < -0.3 is 10.6 Å². The van der Waals surface area contributed by atoms with Crippen LogP contribution in [0.5, 0.6) is 0 Å². The maximum atomic E-state index is 12.1. The zero-order valence-electron chi connectivity index (χ0n) is 12.0. The smallest absolute Gasteiger partial charge is 0.238 e. The second-order valence-corrected chi connectivity index (χ2v) is 5.45. The Labute approximate surface area is 115 Å². The Bertz CT molecular complexity index is 438. The summed E-state index contributed by atoms with van der Waals surface area (Å²) in [6, 6.07) is 6.53. The lowest BCUT2D eigenvalue weighted by molar-refractivity contribution is -0.118. The van der Waals surface area contributed by atoms with Crippen molar-refractivity contribution >= 4 is 11.6 Å². The minimum Gasteiger partial charge on any atom is -0.325 e. The third-order valence-corrected chi connectivity index (χ3v) is 3.49. The minimum absolute atomic E-state index is 0.0683. The van der Waals surface area contributed by atoms with Gasteiger partial charge in [-0.3, -0.25) is 9.69 Å². The molecule has 1 aliphatic heterocycles. The highest BCUT2D eigenvalue weighted by Crippen LogP contribution is 2.14. The molecule has 1 atom stereocenters. The van der Waals surface area contributed by atoms with Crippen molar-refractivity contribution in [1.82, 2.24) is 10.2 Å². The van der Waals surface area contributed by atoms with Gasteiger partial charge in [-0.25, -0.2) is 0 Å². The molecule has 0 unspecified atom stereocenters. The van der Waals surface area contributed by atoms with E-state index in [0.717, 1.165) is 25.3 Å². The van der Waals surface area contributed by atoms with Crippen LogP contribution in [0.3, 0.4) is 0 Å². The quantitative estimate of drug-likeness (QED) is 0.867. The summed E-state index contributed by atoms with van der Waals surface area (Å²) < 4.78 is 0. The summed E-state index contributed by atoms with van der Waals surface area (Å²) in [5.74, 6) is 0.0683. The Morgan fingerprint density at radius 1 is 1.37 bits per heavy atom. The molecule has 19 heavy (non-hydrogen) atoms. The Balaban J connectivity index is 1.93. The second kappa shape index (κ2) is 6.17. The van der Waals surface area contributed by atoms with Gasteiger partial charge in [0.2, 0.25) is 5.91 Å². The van der Waals surface area contributed by atoms with Crippen molar-refractivity contribution in [3.05, 3.63) is 29.3 Å². The standard InChI is InChI=1S/C15H23N3O/c1-11-6-12(2)8-14(7-11)17-15(19)10-18-5-4-16-9-13(18)3/h6-8,13,16H,4-5,9-10H2,1-3H3,(H,17,19)/t13-/m0/s1. The van der Waals surface area contributed by atoms with Crippen molar-refractivity contribution in [2.75, 3.05) is 31.5 Å². The van der Waals surface area contributed by atoms with Crippen molar-refractivity contribution in [2.45, 2.75) is 26.8 Å². The molecular weight excluding hydrogens is 238 g/mol. The molecule has 0 radical (unpaired) electrons. The third-order valence-electron chi connectivity index (χ3n) is 3.49. The Kier molecular flexibility index (Phi) is 4.56. The van der Waals surface area contributed by atoms with Gasteiger partial charge in [-0.2, -0.15) is 0 Å². The normalized spacial score (nSPS) is 20.3. The van der Waals surface area contributed by atoms with Gasteiger partial charge in [0, 0.05) is 31.4 Å². The SMILES string of the molecule is Cc1cc(C)cc(NC(=O)CN2CCNC[C@@H]2C)c1. The number of piperazine rings is 1. The van der Waals surface area contributed by atoms with Crippen LogP contribution in [0.2, 0.25) is 0 Å². The summed E-state index contributed by atoms with van der Waals surface area (Å²) in [5, 5.41) is 6.32. The number of benzene rings is 1. The van der Waals surface area contributed by atoms with Gasteiger partial charge in [0.25, 0.3) is 0 Å². The summed E-state index contributed by atoms with van der Waals surface area (Å²) in [7, 11) is 0. The fraction of sp³-hybridized carbons (Fsp3) is 0.533. The Hall–Kier alpha value is -1.39. The molecule has 4 heteroatoms. The number of anilines is 1. The van der Waals surface area contributed by atoms with Crippen molar-refractivity contribution in [2.24, 2.45) is 0 Å². The maximum absolute atomic E-state index is 12.1. The average molecular weight is 261 g/mol. The van der Waals surface area contributed by atoms with Crippen molar-refractivity contribution in [3.63, 3.8) is 0 Å². The molecule has 4 nitrogen and oxygen atoms in total. The van der Waals surface area contributed by atoms with Crippen molar-refractivity contribution in [1.29, 1.82) is 0 Å². The van der Waals surface area contributed by atoms with E-state index in [1.54, 1.807) is 0 Å². The van der Waals surface area contributed by atoms with Gasteiger partial charge in [-0.05, 0) is 44.0 Å². The molecule has 2 N–H and O–H groups in total. The molecule has 104 valence electrons. The molecule has 0 bridgehead atoms. The highest BCUT2D eigenvalue weighted by Gasteiger charge is 2.20. The van der Waals surface area contributed by atoms with Crippen LogP contribution in [-0.2, 0) is 4.79 Å². The predicted octanol–water partition coefficient (Wildman–Crippen LogP) is 1.54. The summed E-state index contributed by atoms with van der Waals surface area (Å²) in [6.45, 7) is 9.55. The molecule has 2 rings (SSSR count). The highest BCUT2D eigenvalue weighted by molar-refractivity contribution is 5.92. The number of aryl methyl sites for hydroxylation is 2. The number of carbonyl (C=O) groups excluding carboxylic acids is 1. The first-order valence-electron chi connectivity index (χ1n) is 6.87. The summed E-state index contributed by atoms with van der Waals surface area (Å²) in [6.07, 6.45) is 0. The molecule has 0 saturated carbocycles. The minimum atomic E-state index is 0.0683. The largest absolute Gasteiger partial charge is 0.325 e. The van der Waals surface area contributed by atoms with Crippen LogP contribution in [-0.4, -0.2) is 43.0 Å². The molecule has 1 heterocycles. The number of carbonyl (C=O) groups is 1. The van der Waals surface area contributed by atoms with E-state index in [1.807, 2.05) is 26.0 Å². The van der Waals surface area contributed by atoms with Gasteiger partial charge in [0.1, 0.15) is 0 Å². The lowest BCUT2D eigenvalue weighted by Gasteiger charge is -2.33. The number of nitrogens with one attached hydrogen (secondary N) is 2. The van der Waals surface area contributed by atoms with E-state index in [2.05, 4.69) is 28.5 Å². The van der Waals surface area contributed by atoms with Crippen LogP contribution in [0, 0.1) is 13.8 Å². The molecule has 1 saturated heterocycles. The van der Waals surface area contributed by atoms with E-state index in [0.29, 0.717) is 12.6 Å². The predicted molar refractivity (Wildman–Crippen MR) is 78.5 cm³/mol. The number of rotatable bonds is 3. The number of hydrogen-bond donors (Lipinski definition) is 2. The fourth-order valence-corrected chi connectivity index (χ4v) is 2.55. The monoisotopic (exact) mass is 261 g/mol. The Morgan fingerprint density at radius 2 is 2.05 bits per heavy atom. The van der Waals surface area contributed by atoms with Gasteiger partial charge in [0.05, 0.1) is 6.54 Å². The van der Waals surface area contributed by atoms with Gasteiger partial charge in [-0.15, -0.1) is 0 Å². The first-order chi connectivity index (χ1) is 9.04. The van der Waals surface area contributed by atoms with E-state index in [4.69, 9.17) is 0 Å². The zero-order chi connectivity index (χ0) is 13.8. The molecule has 1 aromatic carbocycles. The summed E-state index contributed by atoms with van der Waals surface area (Å²) in [5.41, 5.74) is 3.24. The number of amides is 1. The molecule has 1 fully saturated rings. The van der Waals surface area contributed by atoms with Crippen LogP contribution < -0.4 is 10.6 Å². The number of nitrogens with zero attached hydrogens (tertiary/aromatic N) is 1. The van der Waals surface area contributed by atoms with Gasteiger partial charge >= 0.3 is 0 Å². The highest BCUT2D eigenvalue weighted by atomic mass is 16.2. The van der Waals surface area contributed by atoms with Crippen LogP contribution in [0.1, 0.15) is 18.1 Å². The van der Waals surface area contributed by atoms with Crippen LogP contribution in [0.25, 0.3) is 0 Å². The lowest BCUT2D eigenvalue weighted by atomic mass is 10.1. The number of hydrogen-bond acceptors (Lipinski definition) is 3. The average Bonchev–Trinajstić information content (AvgIpc) is 2.30. The van der Waals surface area contributed by atoms with Crippen molar-refractivity contribution < 1.29 is 4.79 Å². The molecule has 0 aliphatic carbocycles. The van der Waals surface area contributed by atoms with E-state index in [-0.39, 0.29) is 5.91 Å². The fourth-order valence-electron chi connectivity index (χ4n) is 2.55. The van der Waals surface area contributed by atoms with Crippen molar-refractivity contribution in [3.8, 4) is 0 Å². The van der Waals surface area contributed by atoms with Gasteiger partial charge in [-0.1, -0.05) is 6.07 Å². The van der Waals surface area contributed by atoms with Crippen LogP contribution in [0.15, 0.2) is 18.2 Å². The molecule has 0 spiro atoms. The first-order valence-corrected chi connectivity index (χ1v) is 6.87. The molecule has 1 aromatic rings. The molecule has 1 amide bonds. The molecular formula is C15H23N3O. The summed E-state index contributed by atoms with van der Waals surface area (Å²) >= 11 is 0. The molecule has 1 aliphatic rings. The third kappa shape index (κ3) is 4.04. The first kappa shape index (κ1) is 14.0. The van der Waals surface area contributed by atoms with E-state index < -0.39 is 0 Å². The zero-order valence-corrected chi connectivity index (χ0v) is 12.0. The lowest BCUT2D eigenvalue weighted by Crippen LogP contribution is -2.51. The van der Waals surface area contributed by atoms with E-state index in [1.165, 1.54) is 11.1 Å². The van der Waals surface area contributed by atoms with E-state index in [9.17, 15) is 4.79 Å². The van der Waals surface area contributed by atoms with Crippen LogP contribution in [0.4, 0.5) is 5.69 Å². The Morgan fingerprint density at radius 3 is 2.68 bits per heavy atom. The van der Waals surface area contributed by atoms with Gasteiger partial charge in [0.15, 0.2) is 0 Å². The molecule has 0 aromatic heterocycles. The van der Waals surface area contributed by atoms with E-state index >= 15 is 0 Å². The summed E-state index contributed by atoms with van der Waals surface area (Å²) in [4.78, 5) is 14.3. The topological polar surface area (TPSA) is 44.4 Å². The maximum Gasteiger partial charge on any atom is 0.238 e. The second-order valence-electron chi connectivity index (χ2n) is 5.45.